The summed E-state index contributed by atoms with van der Waals surface area (Å²) in [6.45, 7) is 0.705. The number of aliphatic hydroxyl groups excluding tert-OH is 1. The number of hydrogen-bond acceptors (Lipinski definition) is 5. The minimum absolute atomic E-state index is 0.0241. The summed E-state index contributed by atoms with van der Waals surface area (Å²) in [6.07, 6.45) is -0.553. The highest BCUT2D eigenvalue weighted by Crippen LogP contribution is 2.45. The summed E-state index contributed by atoms with van der Waals surface area (Å²) in [4.78, 5) is 0. The lowest BCUT2D eigenvalue weighted by atomic mass is 9.90. The summed E-state index contributed by atoms with van der Waals surface area (Å²) in [7, 11) is 0. The molecule has 3 aliphatic rings. The fraction of sp³-hybridized carbons (Fsp3) is 0.571. The van der Waals surface area contributed by atoms with Gasteiger partial charge in [0.25, 0.3) is 0 Å². The number of fused-ring (bicyclic) bond motifs is 3. The highest BCUT2D eigenvalue weighted by atomic mass is 16.7. The number of epoxide rings is 1. The van der Waals surface area contributed by atoms with Gasteiger partial charge in [0.1, 0.15) is 23.9 Å². The third kappa shape index (κ3) is 1.81. The fourth-order valence-electron chi connectivity index (χ4n) is 2.87. The molecule has 0 aromatic heterocycles. The second-order valence-electron chi connectivity index (χ2n) is 5.28. The van der Waals surface area contributed by atoms with Crippen molar-refractivity contribution in [2.24, 2.45) is 0 Å². The Kier molecular flexibility index (Phi) is 2.65. The topological polar surface area (TPSA) is 60.5 Å². The van der Waals surface area contributed by atoms with E-state index in [0.717, 1.165) is 5.56 Å². The van der Waals surface area contributed by atoms with E-state index >= 15 is 0 Å². The summed E-state index contributed by atoms with van der Waals surface area (Å²) >= 11 is 0. The summed E-state index contributed by atoms with van der Waals surface area (Å²) in [5, 5.41) is 9.63. The van der Waals surface area contributed by atoms with Crippen molar-refractivity contribution in [2.75, 3.05) is 19.8 Å². The molecule has 1 N–H and O–H groups in total. The van der Waals surface area contributed by atoms with E-state index in [1.54, 1.807) is 0 Å². The van der Waals surface area contributed by atoms with E-state index in [-0.39, 0.29) is 24.9 Å². The first-order valence-electron chi connectivity index (χ1n) is 6.55. The maximum atomic E-state index is 9.63. The molecule has 102 valence electrons. The van der Waals surface area contributed by atoms with Crippen molar-refractivity contribution in [3.8, 4) is 0 Å². The first kappa shape index (κ1) is 11.8. The molecule has 0 saturated carbocycles. The average Bonchev–Trinajstić information content (AvgIpc) is 3.27. The second kappa shape index (κ2) is 4.26. The Hall–Kier alpha value is -0.980. The van der Waals surface area contributed by atoms with E-state index in [9.17, 15) is 5.11 Å². The molecule has 0 spiro atoms. The van der Waals surface area contributed by atoms with Crippen LogP contribution in [0.15, 0.2) is 30.3 Å². The van der Waals surface area contributed by atoms with E-state index in [4.69, 9.17) is 18.9 Å². The van der Waals surface area contributed by atoms with Crippen molar-refractivity contribution in [3.63, 3.8) is 0 Å². The lowest BCUT2D eigenvalue weighted by Crippen LogP contribution is -2.62. The second-order valence-corrected chi connectivity index (χ2v) is 5.28. The van der Waals surface area contributed by atoms with E-state index < -0.39 is 11.9 Å². The molecule has 0 amide bonds. The Labute approximate surface area is 111 Å². The lowest BCUT2D eigenvalue weighted by Gasteiger charge is -2.46. The van der Waals surface area contributed by atoms with Crippen molar-refractivity contribution in [1.29, 1.82) is 0 Å². The van der Waals surface area contributed by atoms with Crippen LogP contribution in [-0.2, 0) is 18.9 Å². The Morgan fingerprint density at radius 3 is 2.84 bits per heavy atom. The van der Waals surface area contributed by atoms with E-state index in [1.807, 2.05) is 30.3 Å². The lowest BCUT2D eigenvalue weighted by molar-refractivity contribution is -0.320. The zero-order valence-electron chi connectivity index (χ0n) is 10.4. The maximum absolute atomic E-state index is 9.63. The monoisotopic (exact) mass is 264 g/mol. The van der Waals surface area contributed by atoms with Gasteiger partial charge in [-0.2, -0.15) is 0 Å². The van der Waals surface area contributed by atoms with E-state index in [1.165, 1.54) is 0 Å². The Balaban J connectivity index is 1.59. The SMILES string of the molecule is OC[C@@]12CO[C@@H](c3ccccc3)O[C@H]1[C@H]1O[C@H]1CO2. The highest BCUT2D eigenvalue weighted by molar-refractivity contribution is 5.18. The van der Waals surface area contributed by atoms with Crippen LogP contribution in [0.25, 0.3) is 0 Å². The third-order valence-electron chi connectivity index (χ3n) is 4.06. The normalized spacial score (nSPS) is 44.3. The summed E-state index contributed by atoms with van der Waals surface area (Å²) < 4.78 is 23.0. The van der Waals surface area contributed by atoms with Crippen LogP contribution >= 0.6 is 0 Å². The zero-order chi connectivity index (χ0) is 12.9. The number of hydrogen-bond donors (Lipinski definition) is 1. The van der Waals surface area contributed by atoms with Crippen LogP contribution < -0.4 is 0 Å². The molecule has 1 aromatic carbocycles. The van der Waals surface area contributed by atoms with Gasteiger partial charge in [0.15, 0.2) is 6.29 Å². The van der Waals surface area contributed by atoms with Crippen molar-refractivity contribution >= 4 is 0 Å². The van der Waals surface area contributed by atoms with Gasteiger partial charge in [-0.05, 0) is 0 Å². The Bertz CT molecular complexity index is 464. The molecule has 4 rings (SSSR count). The van der Waals surface area contributed by atoms with Crippen LogP contribution in [0, 0.1) is 0 Å². The van der Waals surface area contributed by atoms with Gasteiger partial charge < -0.3 is 24.1 Å². The van der Waals surface area contributed by atoms with Crippen molar-refractivity contribution in [2.45, 2.75) is 30.2 Å². The predicted octanol–water partition coefficient (Wildman–Crippen LogP) is 0.629. The molecule has 0 bridgehead atoms. The summed E-state index contributed by atoms with van der Waals surface area (Å²) in [5.74, 6) is 0. The molecule has 5 heteroatoms. The minimum atomic E-state index is -0.775. The fourth-order valence-corrected chi connectivity index (χ4v) is 2.87. The number of rotatable bonds is 2. The molecule has 3 aliphatic heterocycles. The van der Waals surface area contributed by atoms with Crippen LogP contribution in [0.3, 0.4) is 0 Å². The van der Waals surface area contributed by atoms with Gasteiger partial charge in [-0.1, -0.05) is 30.3 Å². The quantitative estimate of drug-likeness (QED) is 0.794. The first-order valence-corrected chi connectivity index (χ1v) is 6.55. The average molecular weight is 264 g/mol. The molecule has 3 fully saturated rings. The van der Waals surface area contributed by atoms with Gasteiger partial charge in [-0.25, -0.2) is 0 Å². The number of aliphatic hydroxyl groups is 1. The van der Waals surface area contributed by atoms with Crippen LogP contribution in [0.1, 0.15) is 11.9 Å². The largest absolute Gasteiger partial charge is 0.393 e. The molecule has 1 aromatic rings. The summed E-state index contributed by atoms with van der Waals surface area (Å²) in [6, 6.07) is 9.78. The van der Waals surface area contributed by atoms with Crippen molar-refractivity contribution in [3.05, 3.63) is 35.9 Å². The van der Waals surface area contributed by atoms with Crippen LogP contribution in [-0.4, -0.2) is 48.8 Å². The molecular formula is C14H16O5. The third-order valence-corrected chi connectivity index (χ3v) is 4.06. The molecule has 19 heavy (non-hydrogen) atoms. The summed E-state index contributed by atoms with van der Waals surface area (Å²) in [5.41, 5.74) is 0.194. The minimum Gasteiger partial charge on any atom is -0.393 e. The van der Waals surface area contributed by atoms with E-state index in [2.05, 4.69) is 0 Å². The standard InChI is InChI=1S/C14H16O5/c15-7-14-8-16-13(9-4-2-1-3-5-9)19-12(14)11-10(18-11)6-17-14/h1-5,10-13,15H,6-8H2/t10-,11-,12-,13+,14+/m0/s1. The van der Waals surface area contributed by atoms with Crippen LogP contribution in [0.5, 0.6) is 0 Å². The smallest absolute Gasteiger partial charge is 0.184 e. The molecule has 0 unspecified atom stereocenters. The zero-order valence-corrected chi connectivity index (χ0v) is 10.4. The molecule has 5 nitrogen and oxygen atoms in total. The van der Waals surface area contributed by atoms with Gasteiger partial charge in [-0.15, -0.1) is 0 Å². The van der Waals surface area contributed by atoms with Gasteiger partial charge in [0, 0.05) is 5.56 Å². The molecule has 3 heterocycles. The Morgan fingerprint density at radius 1 is 1.21 bits per heavy atom. The molecular weight excluding hydrogens is 248 g/mol. The van der Waals surface area contributed by atoms with Crippen LogP contribution in [0.4, 0.5) is 0 Å². The molecule has 0 aliphatic carbocycles. The van der Waals surface area contributed by atoms with Gasteiger partial charge in [0.2, 0.25) is 0 Å². The van der Waals surface area contributed by atoms with Gasteiger partial charge in [-0.3, -0.25) is 0 Å². The number of benzene rings is 1. The molecule has 0 radical (unpaired) electrons. The predicted molar refractivity (Wildman–Crippen MR) is 64.4 cm³/mol. The molecule has 5 atom stereocenters. The van der Waals surface area contributed by atoms with Crippen molar-refractivity contribution < 1.29 is 24.1 Å². The Morgan fingerprint density at radius 2 is 2.05 bits per heavy atom. The van der Waals surface area contributed by atoms with Crippen LogP contribution in [0.2, 0.25) is 0 Å². The van der Waals surface area contributed by atoms with Crippen molar-refractivity contribution in [1.82, 2.24) is 0 Å². The number of ether oxygens (including phenoxy) is 4. The van der Waals surface area contributed by atoms with Gasteiger partial charge in [0.05, 0.1) is 19.8 Å². The highest BCUT2D eigenvalue weighted by Gasteiger charge is 2.62. The molecule has 3 saturated heterocycles. The first-order chi connectivity index (χ1) is 9.32. The van der Waals surface area contributed by atoms with E-state index in [0.29, 0.717) is 13.2 Å². The maximum Gasteiger partial charge on any atom is 0.184 e. The van der Waals surface area contributed by atoms with Gasteiger partial charge >= 0.3 is 0 Å².